The zero-order valence-corrected chi connectivity index (χ0v) is 16.6. The molecular weight excluding hydrogens is 340 g/mol. The van der Waals surface area contributed by atoms with E-state index in [1.54, 1.807) is 4.90 Å². The predicted molar refractivity (Wildman–Crippen MR) is 106 cm³/mol. The summed E-state index contributed by atoms with van der Waals surface area (Å²) in [4.78, 5) is 33.7. The number of carbonyl (C=O) groups excluding carboxylic acids is 2. The maximum atomic E-state index is 12.8. The van der Waals surface area contributed by atoms with Crippen LogP contribution in [-0.2, 0) is 16.1 Å². The van der Waals surface area contributed by atoms with Crippen LogP contribution < -0.4 is 0 Å². The van der Waals surface area contributed by atoms with Crippen molar-refractivity contribution in [1.29, 1.82) is 0 Å². The second kappa shape index (κ2) is 8.55. The molecule has 0 saturated carbocycles. The molecule has 0 bridgehead atoms. The quantitative estimate of drug-likeness (QED) is 0.751. The van der Waals surface area contributed by atoms with E-state index in [-0.39, 0.29) is 24.4 Å². The fraction of sp³-hybridized carbons (Fsp3) is 0.571. The van der Waals surface area contributed by atoms with Gasteiger partial charge in [-0.2, -0.15) is 0 Å². The van der Waals surface area contributed by atoms with E-state index in [2.05, 4.69) is 6.92 Å². The number of likely N-dealkylation sites (N-methyl/N-ethyl adjacent to an activating group) is 1. The van der Waals surface area contributed by atoms with Crippen LogP contribution in [0.2, 0.25) is 0 Å². The highest BCUT2D eigenvalue weighted by Gasteiger charge is 2.33. The first kappa shape index (κ1) is 19.4. The molecule has 1 aliphatic heterocycles. The molecule has 0 radical (unpaired) electrons. The second-order valence-electron chi connectivity index (χ2n) is 7.31. The lowest BCUT2D eigenvalue weighted by molar-refractivity contribution is -0.131. The summed E-state index contributed by atoms with van der Waals surface area (Å²) in [6.07, 6.45) is 4.43. The van der Waals surface area contributed by atoms with Gasteiger partial charge in [-0.15, -0.1) is 0 Å². The van der Waals surface area contributed by atoms with Crippen molar-refractivity contribution in [2.24, 2.45) is 0 Å². The van der Waals surface area contributed by atoms with Crippen molar-refractivity contribution in [2.45, 2.75) is 58.5 Å². The van der Waals surface area contributed by atoms with Crippen molar-refractivity contribution in [2.75, 3.05) is 20.1 Å². The minimum Gasteiger partial charge on any atom is -0.344 e. The average Bonchev–Trinajstić information content (AvgIpc) is 3.30. The zero-order chi connectivity index (χ0) is 19.4. The van der Waals surface area contributed by atoms with Crippen LogP contribution in [0.5, 0.6) is 0 Å². The van der Waals surface area contributed by atoms with Crippen LogP contribution in [0.4, 0.5) is 0 Å². The Kier molecular flexibility index (Phi) is 6.14. The van der Waals surface area contributed by atoms with Gasteiger partial charge in [-0.05, 0) is 31.4 Å². The number of imidazole rings is 1. The summed E-state index contributed by atoms with van der Waals surface area (Å²) in [5.41, 5.74) is 1.84. The molecule has 3 rings (SSSR count). The minimum absolute atomic E-state index is 0.0430. The summed E-state index contributed by atoms with van der Waals surface area (Å²) in [6, 6.07) is 7.87. The van der Waals surface area contributed by atoms with Gasteiger partial charge in [0.25, 0.3) is 0 Å². The van der Waals surface area contributed by atoms with Gasteiger partial charge in [0.2, 0.25) is 11.8 Å². The number of carbonyl (C=O) groups is 2. The monoisotopic (exact) mass is 370 g/mol. The lowest BCUT2D eigenvalue weighted by atomic mass is 10.2. The Morgan fingerprint density at radius 2 is 2.04 bits per heavy atom. The van der Waals surface area contributed by atoms with Crippen LogP contribution in [0.25, 0.3) is 11.0 Å². The van der Waals surface area contributed by atoms with Crippen molar-refractivity contribution >= 4 is 22.8 Å². The Hall–Kier alpha value is -2.37. The highest BCUT2D eigenvalue weighted by atomic mass is 16.2. The highest BCUT2D eigenvalue weighted by molar-refractivity contribution is 5.82. The molecule has 0 N–H and O–H groups in total. The normalized spacial score (nSPS) is 16.9. The highest BCUT2D eigenvalue weighted by Crippen LogP contribution is 2.33. The number of rotatable bonds is 7. The lowest BCUT2D eigenvalue weighted by Gasteiger charge is -2.25. The Balaban J connectivity index is 1.95. The summed E-state index contributed by atoms with van der Waals surface area (Å²) < 4.78 is 2.02. The van der Waals surface area contributed by atoms with Gasteiger partial charge in [-0.1, -0.05) is 32.4 Å². The van der Waals surface area contributed by atoms with Gasteiger partial charge >= 0.3 is 0 Å². The van der Waals surface area contributed by atoms with Gasteiger partial charge in [-0.25, -0.2) is 4.98 Å². The summed E-state index contributed by atoms with van der Waals surface area (Å²) in [5, 5.41) is 0. The number of aromatic nitrogens is 2. The summed E-state index contributed by atoms with van der Waals surface area (Å²) in [7, 11) is 1.86. The number of fused-ring (bicyclic) bond motifs is 1. The molecule has 1 saturated heterocycles. The molecule has 2 heterocycles. The molecule has 0 aliphatic carbocycles. The maximum absolute atomic E-state index is 12.8. The fourth-order valence-electron chi connectivity index (χ4n) is 3.83. The molecule has 2 amide bonds. The first-order valence-electron chi connectivity index (χ1n) is 10.0. The van der Waals surface area contributed by atoms with E-state index in [0.717, 1.165) is 55.6 Å². The van der Waals surface area contributed by atoms with Crippen molar-refractivity contribution in [3.63, 3.8) is 0 Å². The molecule has 1 fully saturated rings. The summed E-state index contributed by atoms with van der Waals surface area (Å²) in [6.45, 7) is 5.82. The summed E-state index contributed by atoms with van der Waals surface area (Å²) in [5.74, 6) is 1.08. The van der Waals surface area contributed by atoms with Crippen LogP contribution in [0, 0.1) is 0 Å². The number of likely N-dealkylation sites (tertiary alicyclic amines) is 1. The SMILES string of the molecule is CCCCN(C)C(=O)Cn1c(C2CCCN2C(=O)CC)nc2ccccc21. The van der Waals surface area contributed by atoms with E-state index in [4.69, 9.17) is 4.98 Å². The lowest BCUT2D eigenvalue weighted by Crippen LogP contribution is -2.34. The molecule has 1 unspecified atom stereocenters. The molecule has 27 heavy (non-hydrogen) atoms. The Bertz CT molecular complexity index is 814. The van der Waals surface area contributed by atoms with Crippen LogP contribution in [0.3, 0.4) is 0 Å². The minimum atomic E-state index is -0.0430. The van der Waals surface area contributed by atoms with Gasteiger partial charge in [0, 0.05) is 26.6 Å². The first-order valence-corrected chi connectivity index (χ1v) is 10.0. The van der Waals surface area contributed by atoms with E-state index >= 15 is 0 Å². The average molecular weight is 370 g/mol. The molecule has 1 atom stereocenters. The van der Waals surface area contributed by atoms with Gasteiger partial charge in [0.1, 0.15) is 12.4 Å². The van der Waals surface area contributed by atoms with Gasteiger partial charge < -0.3 is 14.4 Å². The van der Waals surface area contributed by atoms with Crippen molar-refractivity contribution in [1.82, 2.24) is 19.4 Å². The largest absolute Gasteiger partial charge is 0.344 e. The van der Waals surface area contributed by atoms with Gasteiger partial charge in [0.05, 0.1) is 17.1 Å². The van der Waals surface area contributed by atoms with E-state index in [9.17, 15) is 9.59 Å². The molecule has 1 aliphatic rings. The molecule has 1 aromatic heterocycles. The van der Waals surface area contributed by atoms with E-state index in [1.807, 2.05) is 47.7 Å². The molecule has 146 valence electrons. The van der Waals surface area contributed by atoms with E-state index in [0.29, 0.717) is 6.42 Å². The maximum Gasteiger partial charge on any atom is 0.242 e. The van der Waals surface area contributed by atoms with Crippen molar-refractivity contribution < 1.29 is 9.59 Å². The number of hydrogen-bond acceptors (Lipinski definition) is 3. The molecular formula is C21H30N4O2. The molecule has 6 nitrogen and oxygen atoms in total. The second-order valence-corrected chi connectivity index (χ2v) is 7.31. The number of unbranched alkanes of at least 4 members (excludes halogenated alkanes) is 1. The number of benzene rings is 1. The van der Waals surface area contributed by atoms with Crippen LogP contribution >= 0.6 is 0 Å². The Morgan fingerprint density at radius 3 is 2.78 bits per heavy atom. The van der Waals surface area contributed by atoms with Gasteiger partial charge in [0.15, 0.2) is 0 Å². The van der Waals surface area contributed by atoms with Crippen molar-refractivity contribution in [3.05, 3.63) is 30.1 Å². The number of hydrogen-bond donors (Lipinski definition) is 0. The van der Waals surface area contributed by atoms with Crippen LogP contribution in [0.1, 0.15) is 57.8 Å². The third-order valence-electron chi connectivity index (χ3n) is 5.42. The van der Waals surface area contributed by atoms with E-state index < -0.39 is 0 Å². The van der Waals surface area contributed by atoms with Crippen LogP contribution in [0.15, 0.2) is 24.3 Å². The molecule has 1 aromatic carbocycles. The first-order chi connectivity index (χ1) is 13.1. The summed E-state index contributed by atoms with van der Waals surface area (Å²) >= 11 is 0. The number of amides is 2. The molecule has 2 aromatic rings. The molecule has 0 spiro atoms. The Morgan fingerprint density at radius 1 is 1.26 bits per heavy atom. The topological polar surface area (TPSA) is 58.4 Å². The fourth-order valence-corrected chi connectivity index (χ4v) is 3.83. The number of para-hydroxylation sites is 2. The van der Waals surface area contributed by atoms with Gasteiger partial charge in [-0.3, -0.25) is 9.59 Å². The zero-order valence-electron chi connectivity index (χ0n) is 16.6. The Labute approximate surface area is 161 Å². The van der Waals surface area contributed by atoms with Crippen LogP contribution in [-0.4, -0.2) is 51.3 Å². The molecule has 6 heteroatoms. The van der Waals surface area contributed by atoms with Crippen molar-refractivity contribution in [3.8, 4) is 0 Å². The smallest absolute Gasteiger partial charge is 0.242 e. The number of nitrogens with zero attached hydrogens (tertiary/aromatic N) is 4. The van der Waals surface area contributed by atoms with E-state index in [1.165, 1.54) is 0 Å². The third kappa shape index (κ3) is 3.99. The third-order valence-corrected chi connectivity index (χ3v) is 5.42. The predicted octanol–water partition coefficient (Wildman–Crippen LogP) is 3.37. The standard InChI is InChI=1S/C21H30N4O2/c1-4-6-13-23(3)20(27)15-25-17-11-8-7-10-16(17)22-21(25)18-12-9-14-24(18)19(26)5-2/h7-8,10-11,18H,4-6,9,12-15H2,1-3H3.